The molecular weight excluding hydrogens is 262 g/mol. The molecule has 0 saturated carbocycles. The van der Waals surface area contributed by atoms with E-state index in [0.717, 1.165) is 47.0 Å². The molecule has 0 bridgehead atoms. The number of allylic oxidation sites excluding steroid dienone is 1. The Kier molecular flexibility index (Phi) is 4.41. The predicted molar refractivity (Wildman–Crippen MR) is 86.9 cm³/mol. The van der Waals surface area contributed by atoms with Crippen molar-refractivity contribution in [1.29, 1.82) is 0 Å². The third-order valence-corrected chi connectivity index (χ3v) is 3.71. The van der Waals surface area contributed by atoms with Gasteiger partial charge in [0.15, 0.2) is 5.78 Å². The van der Waals surface area contributed by atoms with Crippen LogP contribution in [0.4, 0.5) is 0 Å². The fraction of sp³-hybridized carbons (Fsp3) is 0.333. The van der Waals surface area contributed by atoms with Gasteiger partial charge in [0.1, 0.15) is 6.29 Å². The molecule has 0 spiro atoms. The lowest BCUT2D eigenvalue weighted by atomic mass is 10.0. The van der Waals surface area contributed by atoms with Crippen molar-refractivity contribution in [2.45, 2.75) is 40.0 Å². The Bertz CT molecular complexity index is 722. The minimum atomic E-state index is 0.140. The lowest BCUT2D eigenvalue weighted by Crippen LogP contribution is -2.09. The second-order valence-corrected chi connectivity index (χ2v) is 5.32. The summed E-state index contributed by atoms with van der Waals surface area (Å²) >= 11 is 0. The fourth-order valence-electron chi connectivity index (χ4n) is 2.84. The third kappa shape index (κ3) is 2.56. The van der Waals surface area contributed by atoms with E-state index in [1.165, 1.54) is 0 Å². The van der Waals surface area contributed by atoms with Crippen molar-refractivity contribution in [3.05, 3.63) is 41.6 Å². The molecule has 1 heterocycles. The molecule has 0 amide bonds. The summed E-state index contributed by atoms with van der Waals surface area (Å²) in [5.41, 5.74) is 4.13. The van der Waals surface area contributed by atoms with Gasteiger partial charge in [-0.05, 0) is 43.5 Å². The average molecular weight is 283 g/mol. The van der Waals surface area contributed by atoms with Crippen LogP contribution >= 0.6 is 0 Å². The topological polar surface area (TPSA) is 39.1 Å². The number of hydrogen-bond acceptors (Lipinski definition) is 2. The minimum Gasteiger partial charge on any atom is -0.311 e. The largest absolute Gasteiger partial charge is 0.311 e. The Morgan fingerprint density at radius 3 is 2.57 bits per heavy atom. The number of carbonyl (C=O) groups excluding carboxylic acids is 2. The first kappa shape index (κ1) is 15.2. The molecule has 3 nitrogen and oxygen atoms in total. The number of benzene rings is 1. The molecule has 2 rings (SSSR count). The molecule has 0 unspecified atom stereocenters. The van der Waals surface area contributed by atoms with Crippen molar-refractivity contribution >= 4 is 28.7 Å². The van der Waals surface area contributed by atoms with E-state index in [9.17, 15) is 9.59 Å². The average Bonchev–Trinajstić information content (AvgIpc) is 2.80. The molecule has 3 heteroatoms. The maximum Gasteiger partial charge on any atom is 0.179 e. The molecular formula is C18H21NO2. The van der Waals surface area contributed by atoms with Crippen LogP contribution in [0.2, 0.25) is 0 Å². The van der Waals surface area contributed by atoms with E-state index in [-0.39, 0.29) is 5.78 Å². The molecule has 0 saturated heterocycles. The zero-order chi connectivity index (χ0) is 15.6. The number of rotatable bonds is 6. The number of Topliss-reactive ketones (excluding diaryl/α,β-unsaturated/α-hetero) is 1. The molecule has 1 aromatic carbocycles. The van der Waals surface area contributed by atoms with Gasteiger partial charge in [-0.3, -0.25) is 9.59 Å². The highest BCUT2D eigenvalue weighted by atomic mass is 16.1. The Morgan fingerprint density at radius 2 is 2.05 bits per heavy atom. The normalized spacial score (nSPS) is 10.8. The number of aryl methyl sites for hydroxylation is 1. The molecule has 0 radical (unpaired) electrons. The lowest BCUT2D eigenvalue weighted by Gasteiger charge is -2.10. The van der Waals surface area contributed by atoms with Crippen molar-refractivity contribution in [3.8, 4) is 0 Å². The maximum absolute atomic E-state index is 12.5. The summed E-state index contributed by atoms with van der Waals surface area (Å²) in [6.07, 6.45) is 2.94. The third-order valence-electron chi connectivity index (χ3n) is 3.71. The van der Waals surface area contributed by atoms with Crippen LogP contribution in [0, 0.1) is 0 Å². The molecule has 0 N–H and O–H groups in total. The highest BCUT2D eigenvalue weighted by molar-refractivity contribution is 6.05. The zero-order valence-electron chi connectivity index (χ0n) is 12.9. The van der Waals surface area contributed by atoms with Gasteiger partial charge >= 0.3 is 0 Å². The van der Waals surface area contributed by atoms with Crippen molar-refractivity contribution in [2.24, 2.45) is 0 Å². The number of aromatic nitrogens is 1. The van der Waals surface area contributed by atoms with Crippen LogP contribution in [0.3, 0.4) is 0 Å². The number of fused-ring (bicyclic) bond motifs is 1. The van der Waals surface area contributed by atoms with E-state index in [0.29, 0.717) is 12.0 Å². The molecule has 110 valence electrons. The fourth-order valence-corrected chi connectivity index (χ4v) is 2.84. The Morgan fingerprint density at radius 1 is 1.33 bits per heavy atom. The van der Waals surface area contributed by atoms with Gasteiger partial charge < -0.3 is 4.57 Å². The summed E-state index contributed by atoms with van der Waals surface area (Å²) < 4.78 is 1.93. The standard InChI is InChI=1S/C18H21NO2/c1-5-7-17(21)18-14(6-2)15-10-13(11-20)8-9-16(15)19(18)12(3)4/h8-11H,3,5-7H2,1-2,4H3. The van der Waals surface area contributed by atoms with Crippen molar-refractivity contribution in [2.75, 3.05) is 0 Å². The molecule has 2 aromatic rings. The van der Waals surface area contributed by atoms with E-state index in [1.807, 2.05) is 37.5 Å². The molecule has 1 aromatic heterocycles. The van der Waals surface area contributed by atoms with Gasteiger partial charge in [0.05, 0.1) is 11.2 Å². The second-order valence-electron chi connectivity index (χ2n) is 5.32. The summed E-state index contributed by atoms with van der Waals surface area (Å²) in [7, 11) is 0. The summed E-state index contributed by atoms with van der Waals surface area (Å²) in [6.45, 7) is 9.95. The Hall–Kier alpha value is -2.16. The minimum absolute atomic E-state index is 0.140. The summed E-state index contributed by atoms with van der Waals surface area (Å²) in [4.78, 5) is 23.6. The van der Waals surface area contributed by atoms with Gasteiger partial charge in [-0.1, -0.05) is 20.4 Å². The number of hydrogen-bond donors (Lipinski definition) is 0. The Labute approximate surface area is 125 Å². The number of ketones is 1. The van der Waals surface area contributed by atoms with Crippen molar-refractivity contribution < 1.29 is 9.59 Å². The smallest absolute Gasteiger partial charge is 0.179 e. The Balaban J connectivity index is 2.86. The number of carbonyl (C=O) groups is 2. The first-order chi connectivity index (χ1) is 10.0. The molecule has 21 heavy (non-hydrogen) atoms. The molecule has 0 aliphatic carbocycles. The van der Waals surface area contributed by atoms with E-state index >= 15 is 0 Å². The summed E-state index contributed by atoms with van der Waals surface area (Å²) in [6, 6.07) is 5.54. The number of aldehydes is 1. The van der Waals surface area contributed by atoms with E-state index in [1.54, 1.807) is 6.07 Å². The SMILES string of the molecule is C=C(C)n1c(C(=O)CCC)c(CC)c2cc(C=O)ccc21. The van der Waals surface area contributed by atoms with Crippen molar-refractivity contribution in [3.63, 3.8) is 0 Å². The van der Waals surface area contributed by atoms with Crippen LogP contribution < -0.4 is 0 Å². The van der Waals surface area contributed by atoms with Crippen LogP contribution in [0.25, 0.3) is 16.6 Å². The molecule has 0 aliphatic heterocycles. The molecule has 0 atom stereocenters. The van der Waals surface area contributed by atoms with Gasteiger partial charge in [0, 0.05) is 23.1 Å². The zero-order valence-corrected chi connectivity index (χ0v) is 12.9. The predicted octanol–water partition coefficient (Wildman–Crippen LogP) is 4.49. The van der Waals surface area contributed by atoms with Crippen LogP contribution in [-0.4, -0.2) is 16.6 Å². The quantitative estimate of drug-likeness (QED) is 0.579. The van der Waals surface area contributed by atoms with Crippen LogP contribution in [0.1, 0.15) is 60.0 Å². The summed E-state index contributed by atoms with van der Waals surface area (Å²) in [5.74, 6) is 0.140. The molecule has 0 fully saturated rings. The monoisotopic (exact) mass is 283 g/mol. The van der Waals surface area contributed by atoms with Crippen molar-refractivity contribution in [1.82, 2.24) is 4.57 Å². The lowest BCUT2D eigenvalue weighted by molar-refractivity contribution is 0.0974. The maximum atomic E-state index is 12.5. The number of nitrogens with zero attached hydrogens (tertiary/aromatic N) is 1. The van der Waals surface area contributed by atoms with E-state index < -0.39 is 0 Å². The highest BCUT2D eigenvalue weighted by Gasteiger charge is 2.21. The van der Waals surface area contributed by atoms with E-state index in [2.05, 4.69) is 6.58 Å². The highest BCUT2D eigenvalue weighted by Crippen LogP contribution is 2.31. The van der Waals surface area contributed by atoms with Gasteiger partial charge in [-0.2, -0.15) is 0 Å². The summed E-state index contributed by atoms with van der Waals surface area (Å²) in [5, 5.41) is 0.976. The van der Waals surface area contributed by atoms with Gasteiger partial charge in [-0.15, -0.1) is 0 Å². The first-order valence-electron chi connectivity index (χ1n) is 7.36. The first-order valence-corrected chi connectivity index (χ1v) is 7.36. The van der Waals surface area contributed by atoms with Gasteiger partial charge in [0.25, 0.3) is 0 Å². The van der Waals surface area contributed by atoms with Gasteiger partial charge in [0.2, 0.25) is 0 Å². The second kappa shape index (κ2) is 6.08. The van der Waals surface area contributed by atoms with Crippen LogP contribution in [0.15, 0.2) is 24.8 Å². The van der Waals surface area contributed by atoms with Gasteiger partial charge in [-0.25, -0.2) is 0 Å². The van der Waals surface area contributed by atoms with E-state index in [4.69, 9.17) is 0 Å². The molecule has 0 aliphatic rings. The van der Waals surface area contributed by atoms with Crippen LogP contribution in [0.5, 0.6) is 0 Å². The van der Waals surface area contributed by atoms with Crippen LogP contribution in [-0.2, 0) is 6.42 Å².